The Hall–Kier alpha value is -9.74. The first-order chi connectivity index (χ1) is 60.6. The van der Waals surface area contributed by atoms with Crippen molar-refractivity contribution in [2.45, 2.75) is 171 Å². The molecule has 0 unspecified atom stereocenters. The third kappa shape index (κ3) is 22.2. The number of rotatable bonds is 10. The molecule has 0 aliphatic carbocycles. The van der Waals surface area contributed by atoms with Gasteiger partial charge in [0.2, 0.25) is 0 Å². The fraction of sp³-hybridized carbons (Fsp3) is 0.463. The number of phenolic OH excluding ortho intramolecular Hbond substituents is 2. The maximum Gasteiger partial charge on any atom is 0.312 e. The maximum absolute atomic E-state index is 14.7. The minimum absolute atomic E-state index is 0. The number of aliphatic hydroxyl groups is 5. The number of hydrogen-bond acceptors (Lipinski definition) is 30. The van der Waals surface area contributed by atoms with Crippen LogP contribution in [0.25, 0.3) is 65.9 Å². The van der Waals surface area contributed by atoms with Crippen LogP contribution >= 0.6 is 39.1 Å². The van der Waals surface area contributed by atoms with Gasteiger partial charge in [-0.25, -0.2) is 9.97 Å². The summed E-state index contributed by atoms with van der Waals surface area (Å²) >= 11 is 16.8. The summed E-state index contributed by atoms with van der Waals surface area (Å²) in [7, 11) is 10.5. The second kappa shape index (κ2) is 44.0. The Bertz CT molecular complexity index is 6030. The van der Waals surface area contributed by atoms with Gasteiger partial charge >= 0.3 is 23.5 Å². The van der Waals surface area contributed by atoms with Gasteiger partial charge < -0.3 is 115 Å². The number of aromatic nitrogens is 2. The number of methoxy groups -OCH3 is 2. The van der Waals surface area contributed by atoms with E-state index in [1.807, 2.05) is 38.0 Å². The zero-order chi connectivity index (χ0) is 95.5. The molecular weight excluding hydrogens is 1900 g/mol. The second-order valence-corrected chi connectivity index (χ2v) is 35.8. The predicted octanol–water partition coefficient (Wildman–Crippen LogP) is 14.0. The number of phenols is 2. The van der Waals surface area contributed by atoms with Gasteiger partial charge in [-0.1, -0.05) is 131 Å². The molecule has 0 fully saturated rings. The van der Waals surface area contributed by atoms with Crippen molar-refractivity contribution in [2.24, 2.45) is 47.3 Å². The number of carbonyl (C=O) groups is 6. The van der Waals surface area contributed by atoms with E-state index >= 15 is 0 Å². The molecular formula is C95H116BrCl2N6O26Pd-. The molecule has 0 radical (unpaired) electrons. The van der Waals surface area contributed by atoms with Crippen molar-refractivity contribution in [3.63, 3.8) is 0 Å². The van der Waals surface area contributed by atoms with Crippen LogP contribution in [0.3, 0.4) is 0 Å². The van der Waals surface area contributed by atoms with Crippen molar-refractivity contribution in [3.05, 3.63) is 161 Å². The number of nitrogens with one attached hydrogen (secondary N) is 2. The molecule has 0 saturated carbocycles. The van der Waals surface area contributed by atoms with Gasteiger partial charge in [0.1, 0.15) is 69.5 Å². The zero-order valence-corrected chi connectivity index (χ0v) is 81.9. The van der Waals surface area contributed by atoms with E-state index in [-0.39, 0.29) is 167 Å². The molecule has 6 heterocycles. The van der Waals surface area contributed by atoms with Gasteiger partial charge in [0.25, 0.3) is 23.4 Å². The van der Waals surface area contributed by atoms with Gasteiger partial charge in [-0.2, -0.15) is 0 Å². The van der Waals surface area contributed by atoms with E-state index < -0.39 is 165 Å². The van der Waals surface area contributed by atoms with Gasteiger partial charge in [-0.3, -0.25) is 38.4 Å². The van der Waals surface area contributed by atoms with Crippen LogP contribution < -0.4 is 35.7 Å². The number of Topliss-reactive ketones (excluding diaryl/α,β-unsaturated/α-hetero) is 2. The number of likely N-dealkylation sites (N-methyl/N-ethyl adjacent to an activating group) is 2. The van der Waals surface area contributed by atoms with Crippen LogP contribution in [-0.2, 0) is 68.0 Å². The van der Waals surface area contributed by atoms with E-state index in [2.05, 4.69) is 26.6 Å². The number of ketones is 2. The van der Waals surface area contributed by atoms with Crippen molar-refractivity contribution in [3.8, 4) is 28.7 Å². The van der Waals surface area contributed by atoms with Crippen molar-refractivity contribution in [1.29, 1.82) is 0 Å². The van der Waals surface area contributed by atoms with Gasteiger partial charge in [0.15, 0.2) is 44.7 Å². The van der Waals surface area contributed by atoms with Crippen LogP contribution in [0.1, 0.15) is 129 Å². The number of aromatic hydroxyl groups is 2. The second-order valence-electron chi connectivity index (χ2n) is 34.1. The Balaban J connectivity index is 0.000000300. The number of benzene rings is 6. The summed E-state index contributed by atoms with van der Waals surface area (Å²) in [5.41, 5.74) is -2.05. The summed E-state index contributed by atoms with van der Waals surface area (Å²) < 4.78 is 66.7. The zero-order valence-electron chi connectivity index (χ0n) is 77.3. The molecule has 9 N–H and O–H groups in total. The quantitative estimate of drug-likeness (QED) is 0.0153. The third-order valence-electron chi connectivity index (χ3n) is 24.1. The molecule has 2 amide bonds. The Morgan fingerprint density at radius 1 is 0.542 bits per heavy atom. The maximum atomic E-state index is 14.7. The van der Waals surface area contributed by atoms with Crippen LogP contribution in [0.5, 0.6) is 28.7 Å². The monoisotopic (exact) mass is 2010 g/mol. The van der Waals surface area contributed by atoms with E-state index in [0.717, 1.165) is 6.54 Å². The van der Waals surface area contributed by atoms with Gasteiger partial charge in [0, 0.05) is 172 Å². The number of fused-ring (bicyclic) bond motifs is 4. The number of anilines is 2. The summed E-state index contributed by atoms with van der Waals surface area (Å²) in [5, 5.41) is 82.8. The molecule has 2 aromatic heterocycles. The van der Waals surface area contributed by atoms with Gasteiger partial charge in [0.05, 0.1) is 87.7 Å². The molecule has 36 heteroatoms. The summed E-state index contributed by atoms with van der Waals surface area (Å²) in [6.45, 7) is 26.9. The van der Waals surface area contributed by atoms with Crippen molar-refractivity contribution < 1.29 is 136 Å². The van der Waals surface area contributed by atoms with E-state index in [0.29, 0.717) is 23.4 Å². The van der Waals surface area contributed by atoms with E-state index in [9.17, 15) is 69.0 Å². The van der Waals surface area contributed by atoms with Crippen molar-refractivity contribution in [2.75, 3.05) is 79.3 Å². The predicted molar refractivity (Wildman–Crippen MR) is 497 cm³/mol. The Morgan fingerprint density at radius 3 is 1.28 bits per heavy atom. The summed E-state index contributed by atoms with van der Waals surface area (Å²) in [4.78, 5) is 124. The SMILES string of the molecule is CN(C)CCO.CO[C@H]1/C=C/O[C@@]2(C)Oc3c(C)c(=O)c4c(O)c(c5oc6cc(Br)cc(Cl)c6nc5c4c3C2=O)NC(=O)/C(C)=C\C=C\[C@H](C)[C@H](O)[C@@H](C)[C@@H](O)[C@@H](C)[C@H](OC(C)=O)[C@@H]1C.CO[C@H]1/C=C/O[C@@]2(C)Oc3c(C)c(=O)c4c(O)c(c5oc6cc(OCCN(C)C)cc(Cl)c6nc5c4c3C2=O)NC(=O)/C(C)=C\C=C\[C@H](C)[C@H](O)[C@@H](C)[C@@H](O)[C@@H](C)[C@H](OC(C)=O)[C@@H]1C.[CH3-].[Pd]. The molecule has 12 rings (SSSR count). The molecule has 4 aliphatic heterocycles. The smallest absolute Gasteiger partial charge is 0.312 e. The fourth-order valence-corrected chi connectivity index (χ4v) is 17.4. The minimum atomic E-state index is -2.07. The number of amides is 2. The molecule has 0 spiro atoms. The normalized spacial score (nSPS) is 28.1. The van der Waals surface area contributed by atoms with Gasteiger partial charge in [-0.15, -0.1) is 0 Å². The number of halogens is 3. The molecule has 0 saturated heterocycles. The number of carbonyl (C=O) groups excluding carboxylic acids is 6. The first kappa shape index (κ1) is 107. The molecule has 8 aromatic rings. The summed E-state index contributed by atoms with van der Waals surface area (Å²) in [6, 6.07) is 6.26. The molecule has 714 valence electrons. The molecule has 131 heavy (non-hydrogen) atoms. The average molecular weight is 2020 g/mol. The number of aliphatic hydroxyl groups excluding tert-OH is 5. The molecule has 6 aromatic carbocycles. The standard InChI is InChI=1S/C47H56ClN3O13.C43H46BrClN2O12.C4H11NO.CH3.Pd/c1-21-13-12-14-22(2)46(58)50-37-41(56)33-32(36-44(37)63-31-20-28(60-18-16-51(9)10)19-29(48)35(31)49-36)34-43(26(6)40(33)55)64-47(8,45(34)57)61-17-15-30(59-11)23(3)42(62-27(7)52)25(5)39(54)24(4)38(21)53;1-17-11-10-12-18(2)42(54)47-33-37(52)29-28(32-40(33)58-27-16-24(44)15-25(45)31(27)46-32)30-39(22(6)36(29)51)59-43(8,41(30)53)56-14-13-26(55-9)19(3)38(57-23(7)48)21(5)35(50)20(4)34(17)49;1-5(2)3-4-6;;/h12-15,17,19-21,23-25,30,38-39,42,53-54,56H,16,18H2,1-11H3,(H,50,58);10-17,19-21,26,34-35,38,49-50,52H,1-9H3,(H,47,54);6H,3-4H2,1-2H3;1H3;/q;;;-1;/b13-12+,17-15+,22-14-;11-10+,14-13+,18-12-;;;/t21-,23+,24+,25+,30-,38-,39+,42+,47-;17-,19+,20+,21+,26-,34-,35+,38+,43-;;;/m00.../s1. The van der Waals surface area contributed by atoms with E-state index in [1.165, 1.54) is 106 Å². The molecule has 8 bridgehead atoms. The first-order valence-corrected chi connectivity index (χ1v) is 43.5. The molecule has 18 atom stereocenters. The number of allylic oxidation sites excluding steroid dienone is 4. The summed E-state index contributed by atoms with van der Waals surface area (Å²) in [5.74, 6) is -14.5. The Labute approximate surface area is 790 Å². The minimum Gasteiger partial charge on any atom is -0.505 e. The molecule has 32 nitrogen and oxygen atoms in total. The van der Waals surface area contributed by atoms with Crippen LogP contribution in [0.15, 0.2) is 119 Å². The summed E-state index contributed by atoms with van der Waals surface area (Å²) in [6.07, 6.45) is 7.02. The number of nitrogens with zero attached hydrogens (tertiary/aromatic N) is 4. The van der Waals surface area contributed by atoms with Crippen LogP contribution in [0, 0.1) is 68.6 Å². The number of esters is 2. The number of hydrogen-bond donors (Lipinski definition) is 9. The van der Waals surface area contributed by atoms with E-state index in [4.69, 9.17) is 89.7 Å². The molecule has 4 aliphatic rings. The topological polar surface area (TPSA) is 444 Å². The van der Waals surface area contributed by atoms with Crippen LogP contribution in [0.2, 0.25) is 10.0 Å². The third-order valence-corrected chi connectivity index (χ3v) is 25.1. The average Bonchev–Trinajstić information content (AvgIpc) is 1.64. The van der Waals surface area contributed by atoms with E-state index in [1.54, 1.807) is 104 Å². The Kier molecular flexibility index (Phi) is 35.8. The van der Waals surface area contributed by atoms with Crippen LogP contribution in [0.4, 0.5) is 11.4 Å². The van der Waals surface area contributed by atoms with Crippen molar-refractivity contribution in [1.82, 2.24) is 19.8 Å². The van der Waals surface area contributed by atoms with Crippen LogP contribution in [-0.4, -0.2) is 220 Å². The fourth-order valence-electron chi connectivity index (χ4n) is 16.3. The van der Waals surface area contributed by atoms with Gasteiger partial charge in [-0.05, 0) is 80.2 Å². The Morgan fingerprint density at radius 2 is 0.924 bits per heavy atom. The number of ether oxygens (including phenoxy) is 9. The largest absolute Gasteiger partial charge is 0.505 e. The first-order valence-electron chi connectivity index (χ1n) is 42.0. The van der Waals surface area contributed by atoms with Crippen molar-refractivity contribution >= 4 is 152 Å².